The van der Waals surface area contributed by atoms with E-state index in [1.807, 2.05) is 36.4 Å². The molecule has 0 bridgehead atoms. The summed E-state index contributed by atoms with van der Waals surface area (Å²) in [5.74, 6) is -1.75. The minimum atomic E-state index is -2.35. The molecule has 0 aromatic heterocycles. The zero-order valence-electron chi connectivity index (χ0n) is 6.86. The van der Waals surface area contributed by atoms with Crippen LogP contribution in [-0.4, -0.2) is 23.9 Å². The molecule has 0 heterocycles. The fourth-order valence-electron chi connectivity index (χ4n) is 0.451. The highest BCUT2D eigenvalue weighted by atomic mass is 19.2. The van der Waals surface area contributed by atoms with E-state index in [1.165, 1.54) is 0 Å². The quantitative estimate of drug-likeness (QED) is 0.771. The summed E-state index contributed by atoms with van der Waals surface area (Å²) in [4.78, 5) is 9.32. The first-order valence-corrected chi connectivity index (χ1v) is 3.61. The molecule has 0 saturated carbocycles. The molecular formula is C9H10F2O2. The van der Waals surface area contributed by atoms with Crippen LogP contribution >= 0.6 is 0 Å². The van der Waals surface area contributed by atoms with Gasteiger partial charge in [-0.15, -0.1) is 0 Å². The fraction of sp³-hybridized carbons (Fsp3) is 0.222. The molecule has 1 unspecified atom stereocenters. The van der Waals surface area contributed by atoms with Crippen LogP contribution < -0.4 is 0 Å². The van der Waals surface area contributed by atoms with Gasteiger partial charge in [-0.05, 0) is 0 Å². The number of halogens is 2. The van der Waals surface area contributed by atoms with Gasteiger partial charge in [0.15, 0.2) is 0 Å². The Balaban J connectivity index is 0.000000223. The highest BCUT2D eigenvalue weighted by molar-refractivity contribution is 5.72. The van der Waals surface area contributed by atoms with Crippen LogP contribution in [0.4, 0.5) is 8.78 Å². The number of hydrogen-bond donors (Lipinski definition) is 1. The fourth-order valence-corrected chi connectivity index (χ4v) is 0.451. The molecule has 1 rings (SSSR count). The highest BCUT2D eigenvalue weighted by Gasteiger charge is 2.13. The van der Waals surface area contributed by atoms with E-state index in [9.17, 15) is 13.6 Å². The first-order chi connectivity index (χ1) is 6.18. The van der Waals surface area contributed by atoms with E-state index in [-0.39, 0.29) is 0 Å². The number of aliphatic carboxylic acids is 1. The van der Waals surface area contributed by atoms with Gasteiger partial charge in [-0.25, -0.2) is 13.6 Å². The smallest absolute Gasteiger partial charge is 0.341 e. The second-order valence-corrected chi connectivity index (χ2v) is 2.11. The van der Waals surface area contributed by atoms with Crippen molar-refractivity contribution in [2.75, 3.05) is 6.67 Å². The first kappa shape index (κ1) is 11.6. The van der Waals surface area contributed by atoms with Crippen LogP contribution in [0.1, 0.15) is 0 Å². The average molecular weight is 188 g/mol. The van der Waals surface area contributed by atoms with Gasteiger partial charge in [0.05, 0.1) is 0 Å². The van der Waals surface area contributed by atoms with Gasteiger partial charge in [0, 0.05) is 0 Å². The van der Waals surface area contributed by atoms with Gasteiger partial charge in [-0.2, -0.15) is 0 Å². The lowest BCUT2D eigenvalue weighted by atomic mass is 10.4. The van der Waals surface area contributed by atoms with E-state index in [4.69, 9.17) is 5.11 Å². The summed E-state index contributed by atoms with van der Waals surface area (Å²) >= 11 is 0. The summed E-state index contributed by atoms with van der Waals surface area (Å²) in [7, 11) is 0. The predicted octanol–water partition coefficient (Wildman–Crippen LogP) is 2.07. The Morgan fingerprint density at radius 3 is 1.54 bits per heavy atom. The van der Waals surface area contributed by atoms with Gasteiger partial charge < -0.3 is 5.11 Å². The summed E-state index contributed by atoms with van der Waals surface area (Å²) in [6.07, 6.45) is -2.35. The van der Waals surface area contributed by atoms with Crippen molar-refractivity contribution in [3.63, 3.8) is 0 Å². The molecule has 72 valence electrons. The molecule has 1 aromatic carbocycles. The minimum Gasteiger partial charge on any atom is -0.479 e. The number of carbonyl (C=O) groups is 1. The lowest BCUT2D eigenvalue weighted by Crippen LogP contribution is -2.15. The van der Waals surface area contributed by atoms with E-state index < -0.39 is 18.8 Å². The largest absolute Gasteiger partial charge is 0.479 e. The lowest BCUT2D eigenvalue weighted by molar-refractivity contribution is -0.143. The van der Waals surface area contributed by atoms with Gasteiger partial charge in [0.25, 0.3) is 0 Å². The van der Waals surface area contributed by atoms with E-state index in [1.54, 1.807) is 0 Å². The molecule has 0 aliphatic rings. The molecule has 0 spiro atoms. The van der Waals surface area contributed by atoms with Gasteiger partial charge in [0.2, 0.25) is 6.17 Å². The molecule has 0 amide bonds. The van der Waals surface area contributed by atoms with Crippen LogP contribution in [-0.2, 0) is 4.79 Å². The number of carboxylic acids is 1. The van der Waals surface area contributed by atoms with Crippen molar-refractivity contribution in [2.24, 2.45) is 0 Å². The normalized spacial score (nSPS) is 10.9. The van der Waals surface area contributed by atoms with E-state index in [2.05, 4.69) is 0 Å². The molecule has 2 nitrogen and oxygen atoms in total. The molecule has 4 heteroatoms. The Labute approximate surface area is 74.8 Å². The minimum absolute atomic E-state index is 1.45. The summed E-state index contributed by atoms with van der Waals surface area (Å²) in [6.45, 7) is -1.45. The third-order valence-electron chi connectivity index (χ3n) is 1.07. The molecule has 13 heavy (non-hydrogen) atoms. The van der Waals surface area contributed by atoms with Crippen molar-refractivity contribution in [3.05, 3.63) is 36.4 Å². The van der Waals surface area contributed by atoms with Crippen molar-refractivity contribution in [3.8, 4) is 0 Å². The zero-order chi connectivity index (χ0) is 10.1. The first-order valence-electron chi connectivity index (χ1n) is 3.61. The van der Waals surface area contributed by atoms with E-state index in [0.29, 0.717) is 0 Å². The SMILES string of the molecule is O=C(O)C(F)CF.c1ccccc1. The standard InChI is InChI=1S/C6H6.C3H4F2O2/c1-2-4-6-5-3-1;4-1-2(5)3(6)7/h1-6H;2H,1H2,(H,6,7). The maximum absolute atomic E-state index is 11.3. The Kier molecular flexibility index (Phi) is 6.41. The van der Waals surface area contributed by atoms with Gasteiger partial charge in [0.1, 0.15) is 6.67 Å². The molecular weight excluding hydrogens is 178 g/mol. The van der Waals surface area contributed by atoms with Crippen LogP contribution in [0.15, 0.2) is 36.4 Å². The number of alkyl halides is 2. The number of benzene rings is 1. The average Bonchev–Trinajstić information content (AvgIpc) is 2.20. The summed E-state index contributed by atoms with van der Waals surface area (Å²) < 4.78 is 22.2. The lowest BCUT2D eigenvalue weighted by Gasteiger charge is -1.89. The van der Waals surface area contributed by atoms with Crippen LogP contribution in [0.2, 0.25) is 0 Å². The van der Waals surface area contributed by atoms with Gasteiger partial charge in [-0.3, -0.25) is 0 Å². The molecule has 0 saturated heterocycles. The van der Waals surface area contributed by atoms with Crippen molar-refractivity contribution < 1.29 is 18.7 Å². The predicted molar refractivity (Wildman–Crippen MR) is 44.9 cm³/mol. The Hall–Kier alpha value is -1.45. The zero-order valence-corrected chi connectivity index (χ0v) is 6.86. The molecule has 1 atom stereocenters. The second kappa shape index (κ2) is 7.21. The van der Waals surface area contributed by atoms with Crippen LogP contribution in [0.5, 0.6) is 0 Å². The Bertz CT molecular complexity index is 200. The van der Waals surface area contributed by atoms with Crippen LogP contribution in [0, 0.1) is 0 Å². The Morgan fingerprint density at radius 1 is 1.15 bits per heavy atom. The summed E-state index contributed by atoms with van der Waals surface area (Å²) in [6, 6.07) is 12.0. The number of rotatable bonds is 2. The Morgan fingerprint density at radius 2 is 1.46 bits per heavy atom. The van der Waals surface area contributed by atoms with Crippen molar-refractivity contribution in [1.82, 2.24) is 0 Å². The molecule has 0 radical (unpaired) electrons. The van der Waals surface area contributed by atoms with Gasteiger partial charge in [-0.1, -0.05) is 36.4 Å². The molecule has 0 aliphatic heterocycles. The third kappa shape index (κ3) is 6.93. The summed E-state index contributed by atoms with van der Waals surface area (Å²) in [5, 5.41) is 7.57. The second-order valence-electron chi connectivity index (χ2n) is 2.11. The number of hydrogen-bond acceptors (Lipinski definition) is 1. The third-order valence-corrected chi connectivity index (χ3v) is 1.07. The van der Waals surface area contributed by atoms with Crippen molar-refractivity contribution >= 4 is 5.97 Å². The van der Waals surface area contributed by atoms with Crippen molar-refractivity contribution in [1.29, 1.82) is 0 Å². The highest BCUT2D eigenvalue weighted by Crippen LogP contribution is 1.88. The number of carboxylic acid groups (broad SMARTS) is 1. The van der Waals surface area contributed by atoms with E-state index in [0.717, 1.165) is 0 Å². The topological polar surface area (TPSA) is 37.3 Å². The van der Waals surface area contributed by atoms with Crippen LogP contribution in [0.25, 0.3) is 0 Å². The van der Waals surface area contributed by atoms with Crippen molar-refractivity contribution in [2.45, 2.75) is 6.17 Å². The monoisotopic (exact) mass is 188 g/mol. The molecule has 1 aromatic rings. The maximum Gasteiger partial charge on any atom is 0.341 e. The molecule has 1 N–H and O–H groups in total. The molecule has 0 fully saturated rings. The van der Waals surface area contributed by atoms with Crippen LogP contribution in [0.3, 0.4) is 0 Å². The van der Waals surface area contributed by atoms with E-state index >= 15 is 0 Å². The van der Waals surface area contributed by atoms with Gasteiger partial charge >= 0.3 is 5.97 Å². The summed E-state index contributed by atoms with van der Waals surface area (Å²) in [5.41, 5.74) is 0. The maximum atomic E-state index is 11.3. The molecule has 0 aliphatic carbocycles.